The van der Waals surface area contributed by atoms with E-state index in [1.54, 1.807) is 20.8 Å². The van der Waals surface area contributed by atoms with E-state index in [9.17, 15) is 0 Å². The topological polar surface area (TPSA) is 40.5 Å². The van der Waals surface area contributed by atoms with Crippen LogP contribution in [0.25, 0.3) is 0 Å². The van der Waals surface area contributed by atoms with Crippen LogP contribution in [0.15, 0.2) is 0 Å². The maximum atomic E-state index is 8.43. The molecule has 2 nitrogen and oxygen atoms in total. The van der Waals surface area contributed by atoms with Crippen LogP contribution in [-0.4, -0.2) is 23.4 Å². The van der Waals surface area contributed by atoms with Gasteiger partial charge in [0.15, 0.2) is 0 Å². The number of hydrogen-bond acceptors (Lipinski definition) is 2. The molecule has 0 atom stereocenters. The van der Waals surface area contributed by atoms with E-state index in [1.807, 2.05) is 0 Å². The van der Waals surface area contributed by atoms with E-state index in [1.165, 1.54) is 0 Å². The quantitative estimate of drug-likeness (QED) is 0.339. The van der Waals surface area contributed by atoms with E-state index in [4.69, 9.17) is 10.2 Å². The van der Waals surface area contributed by atoms with Crippen molar-refractivity contribution in [1.29, 1.82) is 0 Å². The molecule has 10 heavy (non-hydrogen) atoms. The summed E-state index contributed by atoms with van der Waals surface area (Å²) in [5.41, 5.74) is -0.306. The Morgan fingerprint density at radius 2 is 1.30 bits per heavy atom. The molecule has 0 aliphatic rings. The Balaban J connectivity index is -0.000000149. The predicted octanol–water partition coefficient (Wildman–Crippen LogP) is -2.16. The van der Waals surface area contributed by atoms with Gasteiger partial charge in [-0.1, -0.05) is 13.8 Å². The molecule has 0 aromatic heterocycles. The Hall–Kier alpha value is 0.517. The Kier molecular flexibility index (Phi) is 16.0. The van der Waals surface area contributed by atoms with Crippen LogP contribution in [-0.2, 0) is 0 Å². The van der Waals surface area contributed by atoms with E-state index < -0.39 is 0 Å². The van der Waals surface area contributed by atoms with Crippen molar-refractivity contribution < 1.29 is 29.1 Å². The summed E-state index contributed by atoms with van der Waals surface area (Å²) in [6.07, 6.45) is 0. The molecule has 0 fully saturated rings. The Morgan fingerprint density at radius 1 is 1.10 bits per heavy atom. The monoisotopic (exact) mass is 140 g/mol. The molecule has 0 aromatic rings. The summed E-state index contributed by atoms with van der Waals surface area (Å²) in [5.74, 6) is 0. The second-order valence-electron chi connectivity index (χ2n) is 2.48. The molecule has 0 spiro atoms. The van der Waals surface area contributed by atoms with Crippen LogP contribution in [0, 0.1) is 12.3 Å². The summed E-state index contributed by atoms with van der Waals surface area (Å²) < 4.78 is 0. The van der Waals surface area contributed by atoms with Crippen molar-refractivity contribution in [2.45, 2.75) is 20.8 Å². The van der Waals surface area contributed by atoms with Crippen molar-refractivity contribution in [3.63, 3.8) is 0 Å². The minimum absolute atomic E-state index is 0. The molecular weight excluding hydrogens is 123 g/mol. The molecule has 3 heteroatoms. The van der Waals surface area contributed by atoms with E-state index in [0.29, 0.717) is 0 Å². The van der Waals surface area contributed by atoms with Crippen molar-refractivity contribution in [2.75, 3.05) is 13.2 Å². The van der Waals surface area contributed by atoms with Crippen molar-refractivity contribution in [3.05, 3.63) is 6.92 Å². The first-order valence-electron chi connectivity index (χ1n) is 3.05. The number of rotatable bonds is 2. The predicted molar refractivity (Wildman–Crippen MR) is 39.0 cm³/mol. The fourth-order valence-corrected chi connectivity index (χ4v) is 0.0500. The minimum Gasteiger partial charge on any atom is -0.396 e. The summed E-state index contributed by atoms with van der Waals surface area (Å²) in [6.45, 7) is 8.69. The first-order valence-corrected chi connectivity index (χ1v) is 3.05. The Morgan fingerprint density at radius 3 is 1.30 bits per heavy atom. The Labute approximate surface area is 75.8 Å². The average molecular weight is 140 g/mol. The van der Waals surface area contributed by atoms with Crippen LogP contribution in [0.4, 0.5) is 0 Å². The van der Waals surface area contributed by atoms with E-state index in [2.05, 4.69) is 6.92 Å². The molecule has 0 radical (unpaired) electrons. The largest absolute Gasteiger partial charge is 1.00 e. The van der Waals surface area contributed by atoms with Crippen LogP contribution in [0.2, 0.25) is 0 Å². The normalized spacial score (nSPS) is 9.00. The average Bonchev–Trinajstić information content (AvgIpc) is 1.93. The van der Waals surface area contributed by atoms with Gasteiger partial charge in [-0.3, -0.25) is 0 Å². The Bertz CT molecular complexity index is 49.6. The van der Waals surface area contributed by atoms with Gasteiger partial charge in [0, 0.05) is 5.41 Å². The molecule has 0 saturated heterocycles. The molecule has 0 unspecified atom stereocenters. The third-order valence-corrected chi connectivity index (χ3v) is 0.856. The summed E-state index contributed by atoms with van der Waals surface area (Å²) in [6, 6.07) is 0. The molecule has 0 aromatic carbocycles. The van der Waals surface area contributed by atoms with Gasteiger partial charge < -0.3 is 17.1 Å². The van der Waals surface area contributed by atoms with Crippen LogP contribution in [0.5, 0.6) is 0 Å². The molecule has 0 bridgehead atoms. The summed E-state index contributed by atoms with van der Waals surface area (Å²) in [7, 11) is 0. The zero-order chi connectivity index (χ0) is 7.91. The smallest absolute Gasteiger partial charge is 0.396 e. The first kappa shape index (κ1) is 16.9. The van der Waals surface area contributed by atoms with Gasteiger partial charge >= 0.3 is 18.9 Å². The molecule has 58 valence electrons. The van der Waals surface area contributed by atoms with Crippen molar-refractivity contribution in [3.8, 4) is 0 Å². The SMILES string of the molecule is CC(C)(CO)CO.[CH2-]C.[Li+]. The minimum atomic E-state index is -0.306. The molecule has 2 N–H and O–H groups in total. The number of hydrogen-bond donors (Lipinski definition) is 2. The third-order valence-electron chi connectivity index (χ3n) is 0.856. The van der Waals surface area contributed by atoms with Gasteiger partial charge in [0.05, 0.1) is 13.2 Å². The molecule has 0 amide bonds. The maximum absolute atomic E-state index is 8.43. The van der Waals surface area contributed by atoms with Gasteiger partial charge in [-0.25, -0.2) is 0 Å². The van der Waals surface area contributed by atoms with Crippen molar-refractivity contribution in [1.82, 2.24) is 0 Å². The van der Waals surface area contributed by atoms with Crippen LogP contribution in [0.1, 0.15) is 20.8 Å². The fraction of sp³-hybridized carbons (Fsp3) is 0.857. The number of aliphatic hydroxyl groups is 2. The molecule has 0 saturated carbocycles. The molecule has 0 heterocycles. The number of aliphatic hydroxyl groups excluding tert-OH is 2. The second kappa shape index (κ2) is 9.52. The van der Waals surface area contributed by atoms with Crippen LogP contribution in [0.3, 0.4) is 0 Å². The van der Waals surface area contributed by atoms with Crippen molar-refractivity contribution in [2.24, 2.45) is 5.41 Å². The second-order valence-corrected chi connectivity index (χ2v) is 2.48. The summed E-state index contributed by atoms with van der Waals surface area (Å²) in [4.78, 5) is 0. The van der Waals surface area contributed by atoms with Crippen molar-refractivity contribution >= 4 is 0 Å². The molecular formula is C7H17LiO2. The summed E-state index contributed by atoms with van der Waals surface area (Å²) in [5, 5.41) is 16.9. The van der Waals surface area contributed by atoms with Gasteiger partial charge in [0.25, 0.3) is 0 Å². The van der Waals surface area contributed by atoms with Gasteiger partial charge in [-0.05, 0) is 0 Å². The maximum Gasteiger partial charge on any atom is 1.00 e. The van der Waals surface area contributed by atoms with Gasteiger partial charge in [-0.2, -0.15) is 6.92 Å². The van der Waals surface area contributed by atoms with E-state index in [-0.39, 0.29) is 37.5 Å². The molecule has 0 rings (SSSR count). The molecule has 0 aliphatic heterocycles. The van der Waals surface area contributed by atoms with E-state index in [0.717, 1.165) is 0 Å². The van der Waals surface area contributed by atoms with Gasteiger partial charge in [0.2, 0.25) is 0 Å². The zero-order valence-electron chi connectivity index (χ0n) is 7.52. The standard InChI is InChI=1S/C5H12O2.C2H5.Li/c1-5(2,3-6)4-7;1-2;/h6-7H,3-4H2,1-2H3;1H2,2H3;/q;-1;+1. The third kappa shape index (κ3) is 11.3. The zero-order valence-corrected chi connectivity index (χ0v) is 7.52. The fourth-order valence-electron chi connectivity index (χ4n) is 0.0500. The summed E-state index contributed by atoms with van der Waals surface area (Å²) >= 11 is 0. The van der Waals surface area contributed by atoms with Crippen LogP contribution < -0.4 is 18.9 Å². The molecule has 0 aliphatic carbocycles. The van der Waals surface area contributed by atoms with Crippen LogP contribution >= 0.6 is 0 Å². The van der Waals surface area contributed by atoms with Gasteiger partial charge in [0.1, 0.15) is 0 Å². The van der Waals surface area contributed by atoms with Gasteiger partial charge in [-0.15, -0.1) is 0 Å². The van der Waals surface area contributed by atoms with E-state index >= 15 is 0 Å². The first-order chi connectivity index (χ1) is 4.12.